The third kappa shape index (κ3) is 1.84. The first kappa shape index (κ1) is 10.1. The summed E-state index contributed by atoms with van der Waals surface area (Å²) in [5.74, 6) is 1.78. The summed E-state index contributed by atoms with van der Waals surface area (Å²) in [5, 5.41) is 0. The van der Waals surface area contributed by atoms with Crippen LogP contribution >= 0.6 is 0 Å². The minimum Gasteiger partial charge on any atom is -0.0623 e. The van der Waals surface area contributed by atoms with Crippen molar-refractivity contribution in [2.45, 2.75) is 54.4 Å². The Morgan fingerprint density at radius 2 is 1.83 bits per heavy atom. The lowest BCUT2D eigenvalue weighted by atomic mass is 9.73. The molecule has 0 aromatic heterocycles. The van der Waals surface area contributed by atoms with E-state index in [0.29, 0.717) is 10.8 Å². The Bertz CT molecular complexity index is 167. The van der Waals surface area contributed by atoms with Crippen LogP contribution in [0.4, 0.5) is 0 Å². The standard InChI is InChI=1S/C12H24/c1-9(2)11(4,5)8-12(6)7-10(12)3/h9-10H,7-8H2,1-6H3. The molecule has 0 N–H and O–H groups in total. The van der Waals surface area contributed by atoms with Crippen LogP contribution in [0.5, 0.6) is 0 Å². The fourth-order valence-corrected chi connectivity index (χ4v) is 2.13. The van der Waals surface area contributed by atoms with E-state index in [9.17, 15) is 0 Å². The van der Waals surface area contributed by atoms with Crippen molar-refractivity contribution >= 4 is 0 Å². The van der Waals surface area contributed by atoms with Crippen LogP contribution in [0.1, 0.15) is 54.4 Å². The lowest BCUT2D eigenvalue weighted by Crippen LogP contribution is -2.23. The number of rotatable bonds is 3. The zero-order valence-electron chi connectivity index (χ0n) is 9.57. The summed E-state index contributed by atoms with van der Waals surface area (Å²) in [5.41, 5.74) is 1.20. The molecule has 0 bridgehead atoms. The van der Waals surface area contributed by atoms with Gasteiger partial charge in [0.2, 0.25) is 0 Å². The Morgan fingerprint density at radius 1 is 1.42 bits per heavy atom. The predicted octanol–water partition coefficient (Wildman–Crippen LogP) is 4.10. The van der Waals surface area contributed by atoms with Crippen LogP contribution in [-0.2, 0) is 0 Å². The summed E-state index contributed by atoms with van der Waals surface area (Å²) in [6.07, 6.45) is 2.85. The first-order valence-electron chi connectivity index (χ1n) is 5.28. The fourth-order valence-electron chi connectivity index (χ4n) is 2.13. The molecule has 1 aliphatic rings. The van der Waals surface area contributed by atoms with Crippen molar-refractivity contribution in [3.05, 3.63) is 0 Å². The normalized spacial score (nSPS) is 35.8. The van der Waals surface area contributed by atoms with Crippen molar-refractivity contribution in [1.82, 2.24) is 0 Å². The van der Waals surface area contributed by atoms with Crippen molar-refractivity contribution < 1.29 is 0 Å². The molecule has 0 aromatic rings. The molecule has 0 heterocycles. The van der Waals surface area contributed by atoms with E-state index >= 15 is 0 Å². The summed E-state index contributed by atoms with van der Waals surface area (Å²) in [6, 6.07) is 0. The van der Waals surface area contributed by atoms with Crippen molar-refractivity contribution in [3.8, 4) is 0 Å². The minimum atomic E-state index is 0.527. The van der Waals surface area contributed by atoms with E-state index in [1.54, 1.807) is 0 Å². The van der Waals surface area contributed by atoms with Crippen LogP contribution in [0.25, 0.3) is 0 Å². The largest absolute Gasteiger partial charge is 0.0623 e. The van der Waals surface area contributed by atoms with Gasteiger partial charge in [-0.3, -0.25) is 0 Å². The highest BCUT2D eigenvalue weighted by atomic mass is 14.5. The number of hydrogen-bond donors (Lipinski definition) is 0. The van der Waals surface area contributed by atoms with E-state index in [1.807, 2.05) is 0 Å². The molecule has 1 aliphatic carbocycles. The molecule has 2 unspecified atom stereocenters. The maximum atomic E-state index is 2.45. The predicted molar refractivity (Wildman–Crippen MR) is 55.1 cm³/mol. The van der Waals surface area contributed by atoms with Crippen LogP contribution in [0.15, 0.2) is 0 Å². The fraction of sp³-hybridized carbons (Fsp3) is 1.00. The van der Waals surface area contributed by atoms with Crippen LogP contribution < -0.4 is 0 Å². The minimum absolute atomic E-state index is 0.527. The molecule has 72 valence electrons. The Morgan fingerprint density at radius 3 is 2.08 bits per heavy atom. The van der Waals surface area contributed by atoms with Gasteiger partial charge in [0.25, 0.3) is 0 Å². The first-order chi connectivity index (χ1) is 5.28. The van der Waals surface area contributed by atoms with Gasteiger partial charge in [0.1, 0.15) is 0 Å². The Hall–Kier alpha value is 0. The van der Waals surface area contributed by atoms with Gasteiger partial charge in [0.05, 0.1) is 0 Å². The summed E-state index contributed by atoms with van der Waals surface area (Å²) < 4.78 is 0. The molecular formula is C12H24. The average Bonchev–Trinajstić information content (AvgIpc) is 2.37. The van der Waals surface area contributed by atoms with Crippen LogP contribution in [0.3, 0.4) is 0 Å². The highest BCUT2D eigenvalue weighted by Gasteiger charge is 2.49. The Labute approximate surface area is 77.7 Å². The van der Waals surface area contributed by atoms with Crippen molar-refractivity contribution in [2.75, 3.05) is 0 Å². The highest BCUT2D eigenvalue weighted by Crippen LogP contribution is 2.58. The van der Waals surface area contributed by atoms with Gasteiger partial charge in [-0.25, -0.2) is 0 Å². The Kier molecular flexibility index (Phi) is 2.31. The van der Waals surface area contributed by atoms with E-state index in [2.05, 4.69) is 41.5 Å². The molecule has 1 fully saturated rings. The smallest absolute Gasteiger partial charge is 0.0292 e. The zero-order chi connectivity index (χ0) is 9.57. The second-order valence-corrected chi connectivity index (χ2v) is 6.08. The Balaban J connectivity index is 2.51. The second-order valence-electron chi connectivity index (χ2n) is 6.08. The molecule has 0 radical (unpaired) electrons. The first-order valence-corrected chi connectivity index (χ1v) is 5.28. The van der Waals surface area contributed by atoms with E-state index in [-0.39, 0.29) is 0 Å². The van der Waals surface area contributed by atoms with E-state index in [4.69, 9.17) is 0 Å². The molecule has 1 rings (SSSR count). The maximum absolute atomic E-state index is 2.45. The van der Waals surface area contributed by atoms with Gasteiger partial charge in [-0.1, -0.05) is 41.5 Å². The van der Waals surface area contributed by atoms with Gasteiger partial charge in [0, 0.05) is 0 Å². The quantitative estimate of drug-likeness (QED) is 0.595. The molecule has 1 saturated carbocycles. The van der Waals surface area contributed by atoms with E-state index < -0.39 is 0 Å². The summed E-state index contributed by atoms with van der Waals surface area (Å²) in [7, 11) is 0. The van der Waals surface area contributed by atoms with Gasteiger partial charge in [-0.15, -0.1) is 0 Å². The highest BCUT2D eigenvalue weighted by molar-refractivity contribution is 4.99. The average molecular weight is 168 g/mol. The molecule has 0 amide bonds. The van der Waals surface area contributed by atoms with Gasteiger partial charge < -0.3 is 0 Å². The zero-order valence-corrected chi connectivity index (χ0v) is 9.57. The third-order valence-electron chi connectivity index (χ3n) is 4.22. The molecule has 2 atom stereocenters. The molecule has 0 saturated heterocycles. The van der Waals surface area contributed by atoms with Crippen molar-refractivity contribution in [2.24, 2.45) is 22.7 Å². The van der Waals surface area contributed by atoms with Crippen LogP contribution in [-0.4, -0.2) is 0 Å². The number of hydrogen-bond acceptors (Lipinski definition) is 0. The van der Waals surface area contributed by atoms with Crippen LogP contribution in [0, 0.1) is 22.7 Å². The third-order valence-corrected chi connectivity index (χ3v) is 4.22. The molecular weight excluding hydrogens is 144 g/mol. The van der Waals surface area contributed by atoms with Crippen molar-refractivity contribution in [3.63, 3.8) is 0 Å². The summed E-state index contributed by atoms with van der Waals surface area (Å²) >= 11 is 0. The topological polar surface area (TPSA) is 0 Å². The van der Waals surface area contributed by atoms with E-state index in [1.165, 1.54) is 12.8 Å². The molecule has 0 spiro atoms. The van der Waals surface area contributed by atoms with E-state index in [0.717, 1.165) is 11.8 Å². The van der Waals surface area contributed by atoms with Gasteiger partial charge >= 0.3 is 0 Å². The van der Waals surface area contributed by atoms with Crippen LogP contribution in [0.2, 0.25) is 0 Å². The maximum Gasteiger partial charge on any atom is -0.0292 e. The summed E-state index contributed by atoms with van der Waals surface area (Å²) in [4.78, 5) is 0. The van der Waals surface area contributed by atoms with Gasteiger partial charge in [-0.2, -0.15) is 0 Å². The van der Waals surface area contributed by atoms with Gasteiger partial charge in [-0.05, 0) is 35.5 Å². The second kappa shape index (κ2) is 2.75. The summed E-state index contributed by atoms with van der Waals surface area (Å²) in [6.45, 7) is 14.3. The SMILES string of the molecule is CC(C)C(C)(C)CC1(C)CC1C. The lowest BCUT2D eigenvalue weighted by Gasteiger charge is -2.32. The lowest BCUT2D eigenvalue weighted by molar-refractivity contribution is 0.178. The van der Waals surface area contributed by atoms with Crippen molar-refractivity contribution in [1.29, 1.82) is 0 Å². The molecule has 0 aliphatic heterocycles. The molecule has 0 heteroatoms. The van der Waals surface area contributed by atoms with Gasteiger partial charge in [0.15, 0.2) is 0 Å². The molecule has 12 heavy (non-hydrogen) atoms. The molecule has 0 aromatic carbocycles. The molecule has 0 nitrogen and oxygen atoms in total. The monoisotopic (exact) mass is 168 g/mol.